The van der Waals surface area contributed by atoms with Crippen molar-refractivity contribution in [3.63, 3.8) is 0 Å². The zero-order valence-corrected chi connectivity index (χ0v) is 13.7. The predicted molar refractivity (Wildman–Crippen MR) is 83.3 cm³/mol. The number of carbonyl (C=O) groups excluding carboxylic acids is 2. The minimum Gasteiger partial charge on any atom is -0.383 e. The molecule has 1 aliphatic heterocycles. The van der Waals surface area contributed by atoms with Gasteiger partial charge in [0.05, 0.1) is 18.1 Å². The second kappa shape index (κ2) is 7.15. The van der Waals surface area contributed by atoms with E-state index in [1.54, 1.807) is 18.1 Å². The van der Waals surface area contributed by atoms with Crippen molar-refractivity contribution < 1.29 is 14.7 Å². The molecular weight excluding hydrogens is 306 g/mol. The van der Waals surface area contributed by atoms with Gasteiger partial charge in [0.15, 0.2) is 0 Å². The van der Waals surface area contributed by atoms with Crippen molar-refractivity contribution in [2.45, 2.75) is 31.9 Å². The van der Waals surface area contributed by atoms with Crippen molar-refractivity contribution >= 4 is 23.4 Å². The average molecular weight is 328 g/mol. The van der Waals surface area contributed by atoms with Gasteiger partial charge in [0.25, 0.3) is 5.91 Å². The second-order valence-electron chi connectivity index (χ2n) is 5.78. The van der Waals surface area contributed by atoms with Crippen LogP contribution in [0, 0.1) is 0 Å². The highest BCUT2D eigenvalue weighted by Crippen LogP contribution is 2.15. The molecule has 0 aromatic carbocycles. The first-order valence-electron chi connectivity index (χ1n) is 7.40. The number of hydrogen-bond donors (Lipinski definition) is 1. The van der Waals surface area contributed by atoms with E-state index in [4.69, 9.17) is 11.6 Å². The van der Waals surface area contributed by atoms with Crippen LogP contribution in [-0.2, 0) is 23.2 Å². The minimum atomic E-state index is -0.979. The molecule has 2 rings (SSSR count). The third kappa shape index (κ3) is 4.01. The molecule has 0 bridgehead atoms. The molecule has 1 atom stereocenters. The number of likely N-dealkylation sites (tertiary alicyclic amines) is 1. The van der Waals surface area contributed by atoms with Crippen LogP contribution in [0.2, 0.25) is 5.02 Å². The molecule has 6 nitrogen and oxygen atoms in total. The van der Waals surface area contributed by atoms with Gasteiger partial charge in [-0.25, -0.2) is 0 Å². The van der Waals surface area contributed by atoms with E-state index >= 15 is 0 Å². The van der Waals surface area contributed by atoms with Crippen LogP contribution in [0.15, 0.2) is 12.3 Å². The topological polar surface area (TPSA) is 65.8 Å². The van der Waals surface area contributed by atoms with E-state index in [0.717, 1.165) is 18.5 Å². The summed E-state index contributed by atoms with van der Waals surface area (Å²) < 4.78 is 1.87. The number of amides is 2. The lowest BCUT2D eigenvalue weighted by molar-refractivity contribution is -0.145. The smallest absolute Gasteiger partial charge is 0.251 e. The maximum atomic E-state index is 12.3. The van der Waals surface area contributed by atoms with Crippen LogP contribution in [0.3, 0.4) is 0 Å². The van der Waals surface area contributed by atoms with Crippen LogP contribution in [0.25, 0.3) is 0 Å². The summed E-state index contributed by atoms with van der Waals surface area (Å²) in [5, 5.41) is 10.3. The number of aryl methyl sites for hydroxylation is 1. The molecule has 1 aromatic heterocycles. The highest BCUT2D eigenvalue weighted by Gasteiger charge is 2.27. The number of carbonyl (C=O) groups is 2. The largest absolute Gasteiger partial charge is 0.383 e. The third-order valence-electron chi connectivity index (χ3n) is 3.98. The van der Waals surface area contributed by atoms with Crippen LogP contribution < -0.4 is 0 Å². The molecule has 0 spiro atoms. The van der Waals surface area contributed by atoms with E-state index in [1.165, 1.54) is 4.90 Å². The summed E-state index contributed by atoms with van der Waals surface area (Å²) in [7, 11) is 3.57. The SMILES string of the molecule is CN(Cc1cc(Cl)cn1C)C(=O)CN1CCCCC(O)C1=O. The Labute approximate surface area is 135 Å². The summed E-state index contributed by atoms with van der Waals surface area (Å²) in [6.45, 7) is 0.947. The fourth-order valence-electron chi connectivity index (χ4n) is 2.58. The number of aliphatic hydroxyl groups excluding tert-OH is 1. The van der Waals surface area contributed by atoms with E-state index in [9.17, 15) is 14.7 Å². The van der Waals surface area contributed by atoms with E-state index in [2.05, 4.69) is 0 Å². The third-order valence-corrected chi connectivity index (χ3v) is 4.18. The lowest BCUT2D eigenvalue weighted by atomic mass is 10.2. The van der Waals surface area contributed by atoms with Crippen molar-refractivity contribution in [1.29, 1.82) is 0 Å². The molecule has 22 heavy (non-hydrogen) atoms. The first kappa shape index (κ1) is 16.8. The second-order valence-corrected chi connectivity index (χ2v) is 6.22. The Balaban J connectivity index is 1.95. The quantitative estimate of drug-likeness (QED) is 0.897. The van der Waals surface area contributed by atoms with E-state index in [-0.39, 0.29) is 18.4 Å². The van der Waals surface area contributed by atoms with Crippen LogP contribution in [0.1, 0.15) is 25.0 Å². The standard InChI is InChI=1S/C15H22ClN3O3/c1-17-8-11(16)7-12(17)9-18(2)14(21)10-19-6-4-3-5-13(20)15(19)22/h7-8,13,20H,3-6,9-10H2,1-2H3. The van der Waals surface area contributed by atoms with Gasteiger partial charge in [0.2, 0.25) is 5.91 Å². The van der Waals surface area contributed by atoms with E-state index < -0.39 is 6.10 Å². The average Bonchev–Trinajstić information content (AvgIpc) is 2.69. The first-order valence-corrected chi connectivity index (χ1v) is 7.78. The van der Waals surface area contributed by atoms with Crippen molar-refractivity contribution in [2.24, 2.45) is 7.05 Å². The van der Waals surface area contributed by atoms with Gasteiger partial charge in [-0.1, -0.05) is 11.6 Å². The highest BCUT2D eigenvalue weighted by atomic mass is 35.5. The number of likely N-dealkylation sites (N-methyl/N-ethyl adjacent to an activating group) is 1. The predicted octanol–water partition coefficient (Wildman–Crippen LogP) is 1.01. The van der Waals surface area contributed by atoms with Crippen LogP contribution in [0.5, 0.6) is 0 Å². The fourth-order valence-corrected chi connectivity index (χ4v) is 2.85. The van der Waals surface area contributed by atoms with Crippen molar-refractivity contribution in [1.82, 2.24) is 14.4 Å². The summed E-state index contributed by atoms with van der Waals surface area (Å²) in [6, 6.07) is 1.81. The van der Waals surface area contributed by atoms with Crippen molar-refractivity contribution in [2.75, 3.05) is 20.1 Å². The number of aromatic nitrogens is 1. The number of halogens is 1. The Hall–Kier alpha value is -1.53. The van der Waals surface area contributed by atoms with Crippen LogP contribution in [-0.4, -0.2) is 57.5 Å². The van der Waals surface area contributed by atoms with E-state index in [1.807, 2.05) is 17.7 Å². The summed E-state index contributed by atoms with van der Waals surface area (Å²) in [5.41, 5.74) is 0.920. The zero-order valence-electron chi connectivity index (χ0n) is 13.0. The molecule has 7 heteroatoms. The van der Waals surface area contributed by atoms with E-state index in [0.29, 0.717) is 24.5 Å². The molecule has 1 aromatic rings. The molecule has 1 N–H and O–H groups in total. The Bertz CT molecular complexity index is 558. The number of nitrogens with zero attached hydrogens (tertiary/aromatic N) is 3. The van der Waals surface area contributed by atoms with Crippen LogP contribution >= 0.6 is 11.6 Å². The maximum absolute atomic E-state index is 12.3. The molecule has 122 valence electrons. The summed E-state index contributed by atoms with van der Waals surface area (Å²) in [4.78, 5) is 27.3. The molecule has 2 amide bonds. The van der Waals surface area contributed by atoms with Crippen LogP contribution in [0.4, 0.5) is 0 Å². The number of hydrogen-bond acceptors (Lipinski definition) is 3. The van der Waals surface area contributed by atoms with Gasteiger partial charge in [0.1, 0.15) is 6.10 Å². The summed E-state index contributed by atoms with van der Waals surface area (Å²) >= 11 is 5.93. The summed E-state index contributed by atoms with van der Waals surface area (Å²) in [6.07, 6.45) is 2.89. The molecule has 2 heterocycles. The molecule has 1 aliphatic rings. The lowest BCUT2D eigenvalue weighted by Gasteiger charge is -2.25. The highest BCUT2D eigenvalue weighted by molar-refractivity contribution is 6.30. The zero-order chi connectivity index (χ0) is 16.3. The van der Waals surface area contributed by atoms with Gasteiger partial charge < -0.3 is 19.5 Å². The molecule has 0 radical (unpaired) electrons. The van der Waals surface area contributed by atoms with Gasteiger partial charge in [-0.15, -0.1) is 0 Å². The molecule has 1 unspecified atom stereocenters. The molecule has 1 saturated heterocycles. The first-order chi connectivity index (χ1) is 10.4. The van der Waals surface area contributed by atoms with Gasteiger partial charge >= 0.3 is 0 Å². The monoisotopic (exact) mass is 327 g/mol. The van der Waals surface area contributed by atoms with Gasteiger partial charge in [-0.3, -0.25) is 9.59 Å². The Morgan fingerprint density at radius 1 is 1.50 bits per heavy atom. The number of rotatable bonds is 4. The van der Waals surface area contributed by atoms with Gasteiger partial charge in [-0.05, 0) is 25.3 Å². The normalized spacial score (nSPS) is 19.2. The van der Waals surface area contributed by atoms with Crippen molar-refractivity contribution in [3.8, 4) is 0 Å². The minimum absolute atomic E-state index is 0.00451. The molecule has 0 saturated carbocycles. The van der Waals surface area contributed by atoms with Crippen molar-refractivity contribution in [3.05, 3.63) is 23.0 Å². The molecular formula is C15H22ClN3O3. The molecule has 0 aliphatic carbocycles. The van der Waals surface area contributed by atoms with Gasteiger partial charge in [0, 0.05) is 32.5 Å². The Kier molecular flexibility index (Phi) is 5.47. The van der Waals surface area contributed by atoms with Gasteiger partial charge in [-0.2, -0.15) is 0 Å². The molecule has 1 fully saturated rings. The Morgan fingerprint density at radius 2 is 2.23 bits per heavy atom. The fraction of sp³-hybridized carbons (Fsp3) is 0.600. The number of aliphatic hydroxyl groups is 1. The maximum Gasteiger partial charge on any atom is 0.251 e. The lowest BCUT2D eigenvalue weighted by Crippen LogP contribution is -2.44. The summed E-state index contributed by atoms with van der Waals surface area (Å²) in [5.74, 6) is -0.499. The Morgan fingerprint density at radius 3 is 2.86 bits per heavy atom.